The van der Waals surface area contributed by atoms with Crippen molar-refractivity contribution in [1.82, 2.24) is 15.1 Å². The average Bonchev–Trinajstić information content (AvgIpc) is 2.80. The fraction of sp³-hybridized carbons (Fsp3) is 0.438. The maximum atomic E-state index is 12.8. The molecule has 2 saturated heterocycles. The summed E-state index contributed by atoms with van der Waals surface area (Å²) < 4.78 is 5.20. The van der Waals surface area contributed by atoms with Gasteiger partial charge in [0, 0.05) is 23.7 Å². The van der Waals surface area contributed by atoms with Gasteiger partial charge in [-0.25, -0.2) is 4.79 Å². The Hall–Kier alpha value is -2.12. The van der Waals surface area contributed by atoms with Gasteiger partial charge in [0.15, 0.2) is 0 Å². The van der Waals surface area contributed by atoms with E-state index in [1.54, 1.807) is 36.1 Å². The van der Waals surface area contributed by atoms with Crippen LogP contribution in [0.2, 0.25) is 5.02 Å². The molecule has 0 spiro atoms. The van der Waals surface area contributed by atoms with Crippen molar-refractivity contribution in [2.75, 3.05) is 32.8 Å². The van der Waals surface area contributed by atoms with Crippen molar-refractivity contribution in [2.24, 2.45) is 0 Å². The van der Waals surface area contributed by atoms with E-state index in [0.717, 1.165) is 4.90 Å². The molecule has 1 N–H and O–H groups in total. The first kappa shape index (κ1) is 16.7. The minimum absolute atomic E-state index is 0.273. The first-order valence-electron chi connectivity index (χ1n) is 7.68. The highest BCUT2D eigenvalue weighted by molar-refractivity contribution is 6.32. The van der Waals surface area contributed by atoms with Gasteiger partial charge in [0.25, 0.3) is 5.91 Å². The molecule has 0 aromatic heterocycles. The number of hydrogen-bond donors (Lipinski definition) is 1. The zero-order valence-electron chi connectivity index (χ0n) is 13.3. The second kappa shape index (κ2) is 6.41. The van der Waals surface area contributed by atoms with Crippen LogP contribution in [0.3, 0.4) is 0 Å². The van der Waals surface area contributed by atoms with Gasteiger partial charge in [-0.05, 0) is 13.0 Å². The summed E-state index contributed by atoms with van der Waals surface area (Å²) in [5.41, 5.74) is -0.771. The topological polar surface area (TPSA) is 79.0 Å². The molecule has 4 amide bonds. The third-order valence-electron chi connectivity index (χ3n) is 4.34. The molecular formula is C16H18ClN3O4. The number of morpholine rings is 1. The highest BCUT2D eigenvalue weighted by atomic mass is 35.5. The number of ether oxygens (including phenoxy) is 1. The molecule has 0 aliphatic carbocycles. The number of nitrogens with zero attached hydrogens (tertiary/aromatic N) is 2. The number of benzene rings is 1. The van der Waals surface area contributed by atoms with Crippen molar-refractivity contribution in [2.45, 2.75) is 12.5 Å². The van der Waals surface area contributed by atoms with Gasteiger partial charge in [-0.2, -0.15) is 0 Å². The molecule has 128 valence electrons. The van der Waals surface area contributed by atoms with E-state index in [2.05, 4.69) is 5.32 Å². The van der Waals surface area contributed by atoms with E-state index >= 15 is 0 Å². The summed E-state index contributed by atoms with van der Waals surface area (Å²) >= 11 is 6.17. The second-order valence-electron chi connectivity index (χ2n) is 5.92. The van der Waals surface area contributed by atoms with Gasteiger partial charge in [0.1, 0.15) is 12.1 Å². The van der Waals surface area contributed by atoms with Gasteiger partial charge >= 0.3 is 6.03 Å². The van der Waals surface area contributed by atoms with Crippen LogP contribution >= 0.6 is 11.6 Å². The largest absolute Gasteiger partial charge is 0.378 e. The van der Waals surface area contributed by atoms with Crippen molar-refractivity contribution in [3.8, 4) is 0 Å². The first-order chi connectivity index (χ1) is 11.4. The molecule has 1 aromatic rings. The number of imide groups is 1. The van der Waals surface area contributed by atoms with E-state index in [9.17, 15) is 14.4 Å². The molecule has 1 atom stereocenters. The number of halogens is 1. The predicted octanol–water partition coefficient (Wildman–Crippen LogP) is 0.966. The van der Waals surface area contributed by atoms with Gasteiger partial charge < -0.3 is 15.0 Å². The minimum atomic E-state index is -1.28. The number of nitrogens with one attached hydrogen (secondary N) is 1. The Morgan fingerprint density at radius 2 is 1.96 bits per heavy atom. The maximum absolute atomic E-state index is 12.8. The zero-order chi connectivity index (χ0) is 17.3. The summed E-state index contributed by atoms with van der Waals surface area (Å²) in [6.07, 6.45) is 0. The van der Waals surface area contributed by atoms with Crippen LogP contribution in [0.1, 0.15) is 12.5 Å². The van der Waals surface area contributed by atoms with Crippen LogP contribution in [0.4, 0.5) is 4.79 Å². The molecule has 1 unspecified atom stereocenters. The Balaban J connectivity index is 1.79. The molecule has 3 rings (SSSR count). The van der Waals surface area contributed by atoms with Crippen LogP contribution in [-0.4, -0.2) is 60.5 Å². The van der Waals surface area contributed by atoms with Crippen molar-refractivity contribution in [3.05, 3.63) is 34.9 Å². The van der Waals surface area contributed by atoms with E-state index < -0.39 is 17.5 Å². The van der Waals surface area contributed by atoms with E-state index in [0.29, 0.717) is 36.9 Å². The van der Waals surface area contributed by atoms with Gasteiger partial charge in [0.05, 0.1) is 13.2 Å². The summed E-state index contributed by atoms with van der Waals surface area (Å²) in [7, 11) is 0. The molecule has 2 heterocycles. The molecule has 8 heteroatoms. The van der Waals surface area contributed by atoms with Crippen LogP contribution in [0.5, 0.6) is 0 Å². The van der Waals surface area contributed by atoms with Crippen molar-refractivity contribution in [1.29, 1.82) is 0 Å². The van der Waals surface area contributed by atoms with Crippen molar-refractivity contribution in [3.63, 3.8) is 0 Å². The molecule has 24 heavy (non-hydrogen) atoms. The fourth-order valence-electron chi connectivity index (χ4n) is 2.94. The van der Waals surface area contributed by atoms with Crippen LogP contribution in [-0.2, 0) is 19.9 Å². The standard InChI is InChI=1S/C16H18ClN3O4/c1-16(11-4-2-3-5-12(11)17)14(22)20(15(23)18-16)10-13(21)19-6-8-24-9-7-19/h2-5H,6-10H2,1H3,(H,18,23). The quantitative estimate of drug-likeness (QED) is 0.823. The lowest BCUT2D eigenvalue weighted by Crippen LogP contribution is -2.47. The average molecular weight is 352 g/mol. The Kier molecular flexibility index (Phi) is 4.47. The summed E-state index contributed by atoms with van der Waals surface area (Å²) in [5.74, 6) is -0.757. The fourth-order valence-corrected chi connectivity index (χ4v) is 3.26. The predicted molar refractivity (Wildman–Crippen MR) is 86.4 cm³/mol. The number of carbonyl (C=O) groups is 3. The Morgan fingerprint density at radius 1 is 1.29 bits per heavy atom. The summed E-state index contributed by atoms with van der Waals surface area (Å²) in [4.78, 5) is 39.9. The van der Waals surface area contributed by atoms with Crippen LogP contribution < -0.4 is 5.32 Å². The lowest BCUT2D eigenvalue weighted by atomic mass is 9.92. The zero-order valence-corrected chi connectivity index (χ0v) is 14.0. The maximum Gasteiger partial charge on any atom is 0.325 e. The lowest BCUT2D eigenvalue weighted by Gasteiger charge is -2.28. The molecule has 1 aromatic carbocycles. The molecule has 0 radical (unpaired) electrons. The SMILES string of the molecule is CC1(c2ccccc2Cl)NC(=O)N(CC(=O)N2CCOCC2)C1=O. The van der Waals surface area contributed by atoms with Crippen LogP contribution in [0.15, 0.2) is 24.3 Å². The molecule has 2 aliphatic rings. The lowest BCUT2D eigenvalue weighted by molar-refractivity contribution is -0.141. The smallest absolute Gasteiger partial charge is 0.325 e. The normalized spacial score (nSPS) is 24.2. The highest BCUT2D eigenvalue weighted by Gasteiger charge is 2.50. The van der Waals surface area contributed by atoms with Gasteiger partial charge in [-0.3, -0.25) is 14.5 Å². The highest BCUT2D eigenvalue weighted by Crippen LogP contribution is 2.33. The van der Waals surface area contributed by atoms with E-state index in [1.165, 1.54) is 0 Å². The number of hydrogen-bond acceptors (Lipinski definition) is 4. The Morgan fingerprint density at radius 3 is 2.62 bits per heavy atom. The summed E-state index contributed by atoms with van der Waals surface area (Å²) in [5, 5.41) is 3.04. The minimum Gasteiger partial charge on any atom is -0.378 e. The van der Waals surface area contributed by atoms with Crippen molar-refractivity contribution < 1.29 is 19.1 Å². The van der Waals surface area contributed by atoms with Gasteiger partial charge in [0.2, 0.25) is 5.91 Å². The molecule has 2 fully saturated rings. The molecule has 7 nitrogen and oxygen atoms in total. The number of urea groups is 1. The molecule has 2 aliphatic heterocycles. The number of carbonyl (C=O) groups excluding carboxylic acids is 3. The van der Waals surface area contributed by atoms with E-state index in [4.69, 9.17) is 16.3 Å². The number of rotatable bonds is 3. The molecule has 0 saturated carbocycles. The first-order valence-corrected chi connectivity index (χ1v) is 8.06. The van der Waals surface area contributed by atoms with Crippen LogP contribution in [0, 0.1) is 0 Å². The molecular weight excluding hydrogens is 334 g/mol. The van der Waals surface area contributed by atoms with E-state index in [1.807, 2.05) is 0 Å². The van der Waals surface area contributed by atoms with Crippen molar-refractivity contribution >= 4 is 29.4 Å². The van der Waals surface area contributed by atoms with Gasteiger partial charge in [-0.1, -0.05) is 29.8 Å². The van der Waals surface area contributed by atoms with Crippen LogP contribution in [0.25, 0.3) is 0 Å². The number of amides is 4. The monoisotopic (exact) mass is 351 g/mol. The third-order valence-corrected chi connectivity index (χ3v) is 4.67. The Bertz CT molecular complexity index is 690. The summed E-state index contributed by atoms with van der Waals surface area (Å²) in [6.45, 7) is 3.15. The molecule has 0 bridgehead atoms. The summed E-state index contributed by atoms with van der Waals surface area (Å²) in [6, 6.07) is 6.24. The van der Waals surface area contributed by atoms with E-state index in [-0.39, 0.29) is 12.5 Å². The second-order valence-corrected chi connectivity index (χ2v) is 6.33. The Labute approximate surface area is 144 Å². The van der Waals surface area contributed by atoms with Gasteiger partial charge in [-0.15, -0.1) is 0 Å². The third kappa shape index (κ3) is 2.85.